The van der Waals surface area contributed by atoms with Gasteiger partial charge in [-0.3, -0.25) is 4.79 Å². The van der Waals surface area contributed by atoms with Crippen LogP contribution < -0.4 is 15.4 Å². The van der Waals surface area contributed by atoms with Gasteiger partial charge < -0.3 is 15.4 Å². The number of carbonyl (C=O) groups is 1. The van der Waals surface area contributed by atoms with Gasteiger partial charge in [0.1, 0.15) is 29.0 Å². The van der Waals surface area contributed by atoms with Crippen molar-refractivity contribution in [3.05, 3.63) is 95.4 Å². The Hall–Kier alpha value is -3.82. The van der Waals surface area contributed by atoms with Crippen molar-refractivity contribution in [3.8, 4) is 17.6 Å². The molecule has 0 heterocycles. The summed E-state index contributed by atoms with van der Waals surface area (Å²) in [5.41, 5.74) is 0.788. The number of para-hydroxylation sites is 1. The van der Waals surface area contributed by atoms with Crippen LogP contribution in [-0.4, -0.2) is 5.91 Å². The summed E-state index contributed by atoms with van der Waals surface area (Å²) in [5.74, 6) is 0.162. The molecule has 0 saturated heterocycles. The van der Waals surface area contributed by atoms with E-state index in [1.165, 1.54) is 24.4 Å². The average Bonchev–Trinajstić information content (AvgIpc) is 2.73. The maximum absolute atomic E-state index is 13.2. The average molecular weight is 408 g/mol. The lowest BCUT2D eigenvalue weighted by molar-refractivity contribution is -0.112. The molecule has 7 heteroatoms. The van der Waals surface area contributed by atoms with Crippen molar-refractivity contribution in [2.24, 2.45) is 0 Å². The Kier molecular flexibility index (Phi) is 6.46. The van der Waals surface area contributed by atoms with Gasteiger partial charge in [-0.25, -0.2) is 4.39 Å². The minimum atomic E-state index is -0.593. The predicted molar refractivity (Wildman–Crippen MR) is 110 cm³/mol. The van der Waals surface area contributed by atoms with Crippen LogP contribution in [0.1, 0.15) is 0 Å². The summed E-state index contributed by atoms with van der Waals surface area (Å²) < 4.78 is 18.9. The zero-order valence-corrected chi connectivity index (χ0v) is 15.8. The Balaban J connectivity index is 1.63. The summed E-state index contributed by atoms with van der Waals surface area (Å²) in [5, 5.41) is 14.5. The highest BCUT2D eigenvalue weighted by atomic mass is 35.5. The minimum absolute atomic E-state index is 0.0656. The van der Waals surface area contributed by atoms with Crippen molar-refractivity contribution < 1.29 is 13.9 Å². The van der Waals surface area contributed by atoms with E-state index >= 15 is 0 Å². The van der Waals surface area contributed by atoms with Gasteiger partial charge in [-0.15, -0.1) is 0 Å². The van der Waals surface area contributed by atoms with Crippen LogP contribution in [0.25, 0.3) is 0 Å². The molecule has 0 spiro atoms. The molecule has 29 heavy (non-hydrogen) atoms. The first-order chi connectivity index (χ1) is 14.0. The molecule has 0 radical (unpaired) electrons. The SMILES string of the molecule is N#C/C(=C/Nc1ccc(F)c(Cl)c1)C(=O)Nc1ccc(Oc2ccccc2)cc1. The van der Waals surface area contributed by atoms with Crippen molar-refractivity contribution in [1.29, 1.82) is 5.26 Å². The molecule has 1 amide bonds. The van der Waals surface area contributed by atoms with Crippen molar-refractivity contribution in [1.82, 2.24) is 0 Å². The first-order valence-electron chi connectivity index (χ1n) is 8.51. The van der Waals surface area contributed by atoms with E-state index < -0.39 is 11.7 Å². The van der Waals surface area contributed by atoms with Crippen LogP contribution in [0.3, 0.4) is 0 Å². The van der Waals surface area contributed by atoms with Crippen molar-refractivity contribution >= 4 is 28.9 Å². The first-order valence-corrected chi connectivity index (χ1v) is 8.89. The van der Waals surface area contributed by atoms with Gasteiger partial charge in [0.15, 0.2) is 0 Å². The molecule has 0 atom stereocenters. The molecule has 0 aliphatic carbocycles. The van der Waals surface area contributed by atoms with Crippen LogP contribution in [0.4, 0.5) is 15.8 Å². The van der Waals surface area contributed by atoms with Crippen LogP contribution in [0.2, 0.25) is 5.02 Å². The number of amides is 1. The van der Waals surface area contributed by atoms with E-state index in [1.807, 2.05) is 36.4 Å². The topological polar surface area (TPSA) is 74.2 Å². The molecule has 5 nitrogen and oxygen atoms in total. The second-order valence-corrected chi connectivity index (χ2v) is 6.24. The monoisotopic (exact) mass is 407 g/mol. The van der Waals surface area contributed by atoms with Gasteiger partial charge in [0.2, 0.25) is 0 Å². The number of nitrogens with one attached hydrogen (secondary N) is 2. The molecule has 0 fully saturated rings. The number of hydrogen-bond donors (Lipinski definition) is 2. The quantitative estimate of drug-likeness (QED) is 0.404. The van der Waals surface area contributed by atoms with Crippen LogP contribution in [0.15, 0.2) is 84.6 Å². The zero-order chi connectivity index (χ0) is 20.6. The van der Waals surface area contributed by atoms with Gasteiger partial charge >= 0.3 is 0 Å². The number of nitriles is 1. The second-order valence-electron chi connectivity index (χ2n) is 5.84. The fraction of sp³-hybridized carbons (Fsp3) is 0. The molecule has 0 unspecified atom stereocenters. The maximum Gasteiger partial charge on any atom is 0.267 e. The highest BCUT2D eigenvalue weighted by molar-refractivity contribution is 6.31. The van der Waals surface area contributed by atoms with Crippen LogP contribution >= 0.6 is 11.6 Å². The van der Waals surface area contributed by atoms with Gasteiger partial charge in [0, 0.05) is 17.6 Å². The number of nitrogens with zero attached hydrogens (tertiary/aromatic N) is 1. The molecule has 0 aliphatic heterocycles. The Bertz CT molecular complexity index is 1080. The smallest absolute Gasteiger partial charge is 0.267 e. The number of hydrogen-bond acceptors (Lipinski definition) is 4. The highest BCUT2D eigenvalue weighted by Gasteiger charge is 2.10. The van der Waals surface area contributed by atoms with Gasteiger partial charge in [-0.2, -0.15) is 5.26 Å². The van der Waals surface area contributed by atoms with E-state index in [4.69, 9.17) is 16.3 Å². The standard InChI is InChI=1S/C22H15ClFN3O2/c23-20-12-17(8-11-21(20)24)26-14-15(13-25)22(28)27-16-6-9-19(10-7-16)29-18-4-2-1-3-5-18/h1-12,14,26H,(H,27,28)/b15-14-. The fourth-order valence-electron chi connectivity index (χ4n) is 2.32. The van der Waals surface area contributed by atoms with Gasteiger partial charge in [0.05, 0.1) is 5.02 Å². The molecule has 3 aromatic rings. The molecular weight excluding hydrogens is 393 g/mol. The van der Waals surface area contributed by atoms with E-state index in [9.17, 15) is 14.4 Å². The molecule has 3 aromatic carbocycles. The largest absolute Gasteiger partial charge is 0.457 e. The summed E-state index contributed by atoms with van der Waals surface area (Å²) in [6.07, 6.45) is 1.23. The van der Waals surface area contributed by atoms with E-state index in [2.05, 4.69) is 10.6 Å². The number of benzene rings is 3. The highest BCUT2D eigenvalue weighted by Crippen LogP contribution is 2.23. The molecule has 2 N–H and O–H groups in total. The van der Waals surface area contributed by atoms with E-state index in [0.29, 0.717) is 22.9 Å². The van der Waals surface area contributed by atoms with Gasteiger partial charge in [0.25, 0.3) is 5.91 Å². The predicted octanol–water partition coefficient (Wildman–Crippen LogP) is 5.73. The number of halogens is 2. The van der Waals surface area contributed by atoms with Crippen molar-refractivity contribution in [2.75, 3.05) is 10.6 Å². The van der Waals surface area contributed by atoms with Crippen LogP contribution in [0.5, 0.6) is 11.5 Å². The number of carbonyl (C=O) groups excluding carboxylic acids is 1. The molecule has 0 aliphatic rings. The lowest BCUT2D eigenvalue weighted by atomic mass is 10.2. The molecule has 0 saturated carbocycles. The van der Waals surface area contributed by atoms with Gasteiger partial charge in [-0.05, 0) is 54.6 Å². The molecule has 3 rings (SSSR count). The lowest BCUT2D eigenvalue weighted by Gasteiger charge is -2.08. The second kappa shape index (κ2) is 9.40. The molecular formula is C22H15ClFN3O2. The van der Waals surface area contributed by atoms with E-state index in [-0.39, 0.29) is 10.6 Å². The summed E-state index contributed by atoms with van der Waals surface area (Å²) >= 11 is 5.71. The summed E-state index contributed by atoms with van der Waals surface area (Å²) in [4.78, 5) is 12.3. The van der Waals surface area contributed by atoms with Crippen molar-refractivity contribution in [2.45, 2.75) is 0 Å². The lowest BCUT2D eigenvalue weighted by Crippen LogP contribution is -2.14. The molecule has 144 valence electrons. The third-order valence-corrected chi connectivity index (χ3v) is 4.05. The summed E-state index contributed by atoms with van der Waals surface area (Å²) in [6, 6.07) is 21.8. The Labute approximate surface area is 172 Å². The normalized spacial score (nSPS) is 10.7. The number of anilines is 2. The van der Waals surface area contributed by atoms with Crippen LogP contribution in [0, 0.1) is 17.1 Å². The number of ether oxygens (including phenoxy) is 1. The Morgan fingerprint density at radius 2 is 1.66 bits per heavy atom. The number of rotatable bonds is 6. The van der Waals surface area contributed by atoms with E-state index in [1.54, 1.807) is 24.3 Å². The Morgan fingerprint density at radius 3 is 2.31 bits per heavy atom. The fourth-order valence-corrected chi connectivity index (χ4v) is 2.50. The molecule has 0 aromatic heterocycles. The minimum Gasteiger partial charge on any atom is -0.457 e. The first kappa shape index (κ1) is 19.9. The third-order valence-electron chi connectivity index (χ3n) is 3.76. The van der Waals surface area contributed by atoms with Crippen molar-refractivity contribution in [3.63, 3.8) is 0 Å². The van der Waals surface area contributed by atoms with Crippen LogP contribution in [-0.2, 0) is 4.79 Å². The van der Waals surface area contributed by atoms with Gasteiger partial charge in [-0.1, -0.05) is 29.8 Å². The summed E-state index contributed by atoms with van der Waals surface area (Å²) in [7, 11) is 0. The summed E-state index contributed by atoms with van der Waals surface area (Å²) in [6.45, 7) is 0. The third kappa shape index (κ3) is 5.58. The molecule has 0 bridgehead atoms. The maximum atomic E-state index is 13.2. The Morgan fingerprint density at radius 1 is 1.00 bits per heavy atom. The zero-order valence-electron chi connectivity index (χ0n) is 15.0. The van der Waals surface area contributed by atoms with E-state index in [0.717, 1.165) is 0 Å².